The summed E-state index contributed by atoms with van der Waals surface area (Å²) < 4.78 is 11.1. The van der Waals surface area contributed by atoms with E-state index < -0.39 is 11.7 Å². The largest absolute Gasteiger partial charge is 0.488 e. The third-order valence-corrected chi connectivity index (χ3v) is 3.13. The van der Waals surface area contributed by atoms with Crippen LogP contribution in [-0.4, -0.2) is 30.4 Å². The number of benzene rings is 1. The third-order valence-electron chi connectivity index (χ3n) is 3.13. The molecule has 1 atom stereocenters. The highest BCUT2D eigenvalue weighted by atomic mass is 16.6. The predicted octanol–water partition coefficient (Wildman–Crippen LogP) is 3.34. The summed E-state index contributed by atoms with van der Waals surface area (Å²) >= 11 is 0. The van der Waals surface area contributed by atoms with Crippen LogP contribution in [-0.2, 0) is 11.2 Å². The lowest BCUT2D eigenvalue weighted by Gasteiger charge is -2.20. The van der Waals surface area contributed by atoms with E-state index in [4.69, 9.17) is 9.47 Å². The van der Waals surface area contributed by atoms with Crippen LogP contribution in [0.15, 0.2) is 18.2 Å². The van der Waals surface area contributed by atoms with E-state index in [2.05, 4.69) is 30.5 Å². The summed E-state index contributed by atoms with van der Waals surface area (Å²) in [5.41, 5.74) is 1.78. The predicted molar refractivity (Wildman–Crippen MR) is 87.6 cm³/mol. The smallest absolute Gasteiger partial charge is 0.407 e. The Bertz CT molecular complexity index is 535. The highest BCUT2D eigenvalue weighted by Crippen LogP contribution is 2.31. The normalized spacial score (nSPS) is 16.9. The number of amides is 1. The molecule has 2 N–H and O–H groups in total. The van der Waals surface area contributed by atoms with E-state index in [9.17, 15) is 4.79 Å². The van der Waals surface area contributed by atoms with Gasteiger partial charge in [0.1, 0.15) is 17.5 Å². The fourth-order valence-corrected chi connectivity index (χ4v) is 2.37. The van der Waals surface area contributed by atoms with Gasteiger partial charge in [-0.2, -0.15) is 0 Å². The van der Waals surface area contributed by atoms with Gasteiger partial charge in [-0.1, -0.05) is 0 Å². The number of nitrogens with one attached hydrogen (secondary N) is 2. The van der Waals surface area contributed by atoms with Crippen molar-refractivity contribution in [3.63, 3.8) is 0 Å². The van der Waals surface area contributed by atoms with Crippen molar-refractivity contribution in [2.24, 2.45) is 0 Å². The van der Waals surface area contributed by atoms with Crippen LogP contribution in [0.1, 0.15) is 40.2 Å². The summed E-state index contributed by atoms with van der Waals surface area (Å²) in [4.78, 5) is 11.7. The number of carbonyl (C=O) groups excluding carboxylic acids is 1. The Morgan fingerprint density at radius 3 is 2.77 bits per heavy atom. The van der Waals surface area contributed by atoms with Crippen LogP contribution < -0.4 is 15.4 Å². The van der Waals surface area contributed by atoms with Crippen LogP contribution >= 0.6 is 0 Å². The van der Waals surface area contributed by atoms with Crippen molar-refractivity contribution in [1.29, 1.82) is 0 Å². The molecule has 1 amide bonds. The summed E-state index contributed by atoms with van der Waals surface area (Å²) in [6, 6.07) is 6.50. The van der Waals surface area contributed by atoms with Crippen molar-refractivity contribution >= 4 is 11.8 Å². The minimum absolute atomic E-state index is 0.0446. The lowest BCUT2D eigenvalue weighted by atomic mass is 10.1. The molecule has 0 bridgehead atoms. The van der Waals surface area contributed by atoms with Crippen LogP contribution in [0.25, 0.3) is 0 Å². The molecular weight excluding hydrogens is 280 g/mol. The fraction of sp³-hybridized carbons (Fsp3) is 0.588. The molecule has 5 heteroatoms. The van der Waals surface area contributed by atoms with E-state index in [1.807, 2.05) is 32.9 Å². The maximum atomic E-state index is 11.7. The molecule has 0 aliphatic carbocycles. The molecule has 0 radical (unpaired) electrons. The van der Waals surface area contributed by atoms with Gasteiger partial charge in [0.2, 0.25) is 0 Å². The van der Waals surface area contributed by atoms with Crippen molar-refractivity contribution in [3.8, 4) is 5.75 Å². The van der Waals surface area contributed by atoms with Gasteiger partial charge in [0.15, 0.2) is 0 Å². The van der Waals surface area contributed by atoms with E-state index >= 15 is 0 Å². The van der Waals surface area contributed by atoms with Crippen molar-refractivity contribution in [1.82, 2.24) is 5.32 Å². The van der Waals surface area contributed by atoms with Gasteiger partial charge >= 0.3 is 6.09 Å². The third kappa shape index (κ3) is 4.83. The van der Waals surface area contributed by atoms with Crippen LogP contribution in [0.4, 0.5) is 10.5 Å². The lowest BCUT2D eigenvalue weighted by molar-refractivity contribution is 0.0506. The Balaban J connectivity index is 1.86. The molecule has 0 fully saturated rings. The van der Waals surface area contributed by atoms with Gasteiger partial charge in [0, 0.05) is 18.2 Å². The number of hydrogen-bond acceptors (Lipinski definition) is 4. The standard InChI is InChI=1S/C17H26N2O3/c1-11(2)19-13-6-7-15-12(8-13)9-14(21-15)10-18-16(20)22-17(3,4)5/h6-8,11,14,19H,9-10H2,1-5H3,(H,18,20). The van der Waals surface area contributed by atoms with Crippen molar-refractivity contribution in [2.75, 3.05) is 11.9 Å². The SMILES string of the molecule is CC(C)Nc1ccc2c(c1)CC(CNC(=O)OC(C)(C)C)O2. The maximum Gasteiger partial charge on any atom is 0.407 e. The molecule has 2 rings (SSSR count). The number of ether oxygens (including phenoxy) is 2. The zero-order valence-electron chi connectivity index (χ0n) is 14.0. The van der Waals surface area contributed by atoms with Crippen LogP contribution in [0, 0.1) is 0 Å². The van der Waals surface area contributed by atoms with Gasteiger partial charge in [-0.15, -0.1) is 0 Å². The fourth-order valence-electron chi connectivity index (χ4n) is 2.37. The zero-order valence-corrected chi connectivity index (χ0v) is 14.0. The minimum Gasteiger partial charge on any atom is -0.488 e. The average Bonchev–Trinajstić information content (AvgIpc) is 2.75. The highest BCUT2D eigenvalue weighted by Gasteiger charge is 2.24. The summed E-state index contributed by atoms with van der Waals surface area (Å²) in [5.74, 6) is 0.894. The Hall–Kier alpha value is -1.91. The van der Waals surface area contributed by atoms with E-state index in [1.54, 1.807) is 0 Å². The van der Waals surface area contributed by atoms with E-state index in [-0.39, 0.29) is 6.10 Å². The van der Waals surface area contributed by atoms with Crippen molar-refractivity contribution in [3.05, 3.63) is 23.8 Å². The molecule has 5 nitrogen and oxygen atoms in total. The Morgan fingerprint density at radius 1 is 1.41 bits per heavy atom. The highest BCUT2D eigenvalue weighted by molar-refractivity contribution is 5.67. The first-order valence-electron chi connectivity index (χ1n) is 7.76. The second-order valence-electron chi connectivity index (χ2n) is 6.95. The van der Waals surface area contributed by atoms with Crippen molar-refractivity contribution < 1.29 is 14.3 Å². The first kappa shape index (κ1) is 16.5. The van der Waals surface area contributed by atoms with Gasteiger partial charge in [0.25, 0.3) is 0 Å². The molecule has 1 aliphatic rings. The van der Waals surface area contributed by atoms with Crippen LogP contribution in [0.2, 0.25) is 0 Å². The number of alkyl carbamates (subject to hydrolysis) is 1. The van der Waals surface area contributed by atoms with Crippen molar-refractivity contribution in [2.45, 2.75) is 58.8 Å². The lowest BCUT2D eigenvalue weighted by Crippen LogP contribution is -2.38. The molecule has 0 saturated heterocycles. The summed E-state index contributed by atoms with van der Waals surface area (Å²) in [6.45, 7) is 10.2. The maximum absolute atomic E-state index is 11.7. The molecule has 22 heavy (non-hydrogen) atoms. The van der Waals surface area contributed by atoms with Gasteiger partial charge in [-0.3, -0.25) is 0 Å². The summed E-state index contributed by atoms with van der Waals surface area (Å²) in [5, 5.41) is 6.14. The molecule has 122 valence electrons. The quantitative estimate of drug-likeness (QED) is 0.896. The monoisotopic (exact) mass is 306 g/mol. The minimum atomic E-state index is -0.485. The molecule has 1 aliphatic heterocycles. The first-order chi connectivity index (χ1) is 10.2. The first-order valence-corrected chi connectivity index (χ1v) is 7.76. The number of rotatable bonds is 4. The molecular formula is C17H26N2O3. The number of fused-ring (bicyclic) bond motifs is 1. The zero-order chi connectivity index (χ0) is 16.3. The molecule has 0 aromatic heterocycles. The van der Waals surface area contributed by atoms with E-state index in [1.165, 1.54) is 5.56 Å². The van der Waals surface area contributed by atoms with E-state index in [0.717, 1.165) is 17.9 Å². The van der Waals surface area contributed by atoms with Gasteiger partial charge < -0.3 is 20.1 Å². The molecule has 0 spiro atoms. The Kier molecular flexibility index (Phi) is 4.84. The average molecular weight is 306 g/mol. The topological polar surface area (TPSA) is 59.6 Å². The molecule has 0 saturated carbocycles. The molecule has 1 aromatic rings. The summed E-state index contributed by atoms with van der Waals surface area (Å²) in [6.07, 6.45) is 0.338. The Labute approximate surface area is 132 Å². The number of carbonyl (C=O) groups is 1. The van der Waals surface area contributed by atoms with Crippen LogP contribution in [0.5, 0.6) is 5.75 Å². The van der Waals surface area contributed by atoms with Gasteiger partial charge in [-0.25, -0.2) is 4.79 Å². The molecule has 1 unspecified atom stereocenters. The Morgan fingerprint density at radius 2 is 2.14 bits per heavy atom. The number of hydrogen-bond donors (Lipinski definition) is 2. The molecule has 1 aromatic carbocycles. The number of anilines is 1. The second kappa shape index (κ2) is 6.46. The second-order valence-corrected chi connectivity index (χ2v) is 6.95. The summed E-state index contributed by atoms with van der Waals surface area (Å²) in [7, 11) is 0. The van der Waals surface area contributed by atoms with Gasteiger partial charge in [-0.05, 0) is 58.4 Å². The molecule has 1 heterocycles. The van der Waals surface area contributed by atoms with Gasteiger partial charge in [0.05, 0.1) is 6.54 Å². The van der Waals surface area contributed by atoms with E-state index in [0.29, 0.717) is 12.6 Å². The van der Waals surface area contributed by atoms with Crippen LogP contribution in [0.3, 0.4) is 0 Å².